The molecule has 2 unspecified atom stereocenters. The van der Waals surface area contributed by atoms with Crippen LogP contribution in [-0.4, -0.2) is 21.3 Å². The minimum absolute atomic E-state index is 0.0826. The summed E-state index contributed by atoms with van der Waals surface area (Å²) in [4.78, 5) is 3.82. The van der Waals surface area contributed by atoms with Gasteiger partial charge >= 0.3 is 0 Å². The molecular formula is C7H8N2O2S. The monoisotopic (exact) mass is 184 g/mol. The van der Waals surface area contributed by atoms with Gasteiger partial charge in [-0.2, -0.15) is 5.26 Å². The minimum atomic E-state index is -1.04. The maximum Gasteiger partial charge on any atom is 0.132 e. The van der Waals surface area contributed by atoms with Crippen molar-refractivity contribution in [2.75, 3.05) is 0 Å². The van der Waals surface area contributed by atoms with Crippen LogP contribution in [0.3, 0.4) is 0 Å². The van der Waals surface area contributed by atoms with E-state index in [2.05, 4.69) is 4.98 Å². The summed E-state index contributed by atoms with van der Waals surface area (Å²) in [6.45, 7) is 0. The van der Waals surface area contributed by atoms with E-state index in [4.69, 9.17) is 5.26 Å². The molecule has 1 aromatic heterocycles. The zero-order valence-electron chi connectivity index (χ0n) is 6.21. The lowest BCUT2D eigenvalue weighted by atomic mass is 10.1. The Morgan fingerprint density at radius 1 is 1.67 bits per heavy atom. The van der Waals surface area contributed by atoms with E-state index >= 15 is 0 Å². The van der Waals surface area contributed by atoms with Crippen LogP contribution in [0.1, 0.15) is 17.5 Å². The number of hydrogen-bond acceptors (Lipinski definition) is 5. The van der Waals surface area contributed by atoms with Crippen LogP contribution in [0.25, 0.3) is 0 Å². The van der Waals surface area contributed by atoms with Crippen LogP contribution < -0.4 is 0 Å². The van der Waals surface area contributed by atoms with Gasteiger partial charge in [0.25, 0.3) is 0 Å². The van der Waals surface area contributed by atoms with Crippen molar-refractivity contribution in [2.45, 2.75) is 18.6 Å². The van der Waals surface area contributed by atoms with E-state index < -0.39 is 12.2 Å². The first-order valence-electron chi connectivity index (χ1n) is 3.38. The van der Waals surface area contributed by atoms with Gasteiger partial charge < -0.3 is 10.2 Å². The highest BCUT2D eigenvalue weighted by atomic mass is 32.1. The molecule has 0 aromatic carbocycles. The smallest absolute Gasteiger partial charge is 0.132 e. The van der Waals surface area contributed by atoms with Crippen LogP contribution in [0.5, 0.6) is 0 Å². The molecule has 0 amide bonds. The highest BCUT2D eigenvalue weighted by molar-refractivity contribution is 7.09. The molecule has 12 heavy (non-hydrogen) atoms. The van der Waals surface area contributed by atoms with Crippen molar-refractivity contribution in [3.8, 4) is 6.07 Å². The van der Waals surface area contributed by atoms with Crippen molar-refractivity contribution in [1.29, 1.82) is 5.26 Å². The number of nitrogens with zero attached hydrogens (tertiary/aromatic N) is 2. The Kier molecular flexibility index (Phi) is 3.17. The Labute approximate surface area is 73.7 Å². The SMILES string of the molecule is N#CCC(O)C(O)c1nccs1. The van der Waals surface area contributed by atoms with Crippen molar-refractivity contribution >= 4 is 11.3 Å². The fourth-order valence-corrected chi connectivity index (χ4v) is 1.43. The standard InChI is InChI=1S/C7H8N2O2S/c8-2-1-5(10)6(11)7-9-3-4-12-7/h3-6,10-11H,1H2. The van der Waals surface area contributed by atoms with Crippen molar-refractivity contribution in [2.24, 2.45) is 0 Å². The third kappa shape index (κ3) is 2.01. The van der Waals surface area contributed by atoms with Crippen molar-refractivity contribution in [3.05, 3.63) is 16.6 Å². The van der Waals surface area contributed by atoms with Crippen molar-refractivity contribution < 1.29 is 10.2 Å². The molecule has 0 bridgehead atoms. The van der Waals surface area contributed by atoms with E-state index in [0.717, 1.165) is 0 Å². The van der Waals surface area contributed by atoms with Crippen LogP contribution in [-0.2, 0) is 0 Å². The molecule has 0 fully saturated rings. The van der Waals surface area contributed by atoms with E-state index in [0.29, 0.717) is 5.01 Å². The maximum atomic E-state index is 9.36. The molecule has 4 nitrogen and oxygen atoms in total. The topological polar surface area (TPSA) is 77.1 Å². The molecule has 2 N–H and O–H groups in total. The van der Waals surface area contributed by atoms with E-state index in [1.54, 1.807) is 17.6 Å². The predicted octanol–water partition coefficient (Wildman–Crippen LogP) is 0.451. The molecule has 2 atom stereocenters. The number of aromatic nitrogens is 1. The molecule has 0 radical (unpaired) electrons. The summed E-state index contributed by atoms with van der Waals surface area (Å²) in [7, 11) is 0. The fourth-order valence-electron chi connectivity index (χ4n) is 0.750. The first kappa shape index (κ1) is 9.13. The molecule has 0 aliphatic carbocycles. The largest absolute Gasteiger partial charge is 0.389 e. The number of rotatable bonds is 3. The normalized spacial score (nSPS) is 15.1. The van der Waals surface area contributed by atoms with E-state index in [9.17, 15) is 10.2 Å². The van der Waals surface area contributed by atoms with Gasteiger partial charge in [-0.25, -0.2) is 4.98 Å². The predicted molar refractivity (Wildman–Crippen MR) is 43.3 cm³/mol. The number of aliphatic hydroxyl groups is 2. The third-order valence-corrected chi connectivity index (χ3v) is 2.22. The van der Waals surface area contributed by atoms with Crippen LogP contribution in [0, 0.1) is 11.3 Å². The number of nitriles is 1. The van der Waals surface area contributed by atoms with Gasteiger partial charge in [0, 0.05) is 11.6 Å². The van der Waals surface area contributed by atoms with E-state index in [1.165, 1.54) is 11.3 Å². The van der Waals surface area contributed by atoms with Gasteiger partial charge in [-0.1, -0.05) is 0 Å². The molecule has 64 valence electrons. The van der Waals surface area contributed by atoms with Gasteiger partial charge in [0.1, 0.15) is 11.1 Å². The van der Waals surface area contributed by atoms with E-state index in [-0.39, 0.29) is 6.42 Å². The van der Waals surface area contributed by atoms with Gasteiger partial charge in [0.2, 0.25) is 0 Å². The lowest BCUT2D eigenvalue weighted by Gasteiger charge is -2.11. The number of thiazole rings is 1. The summed E-state index contributed by atoms with van der Waals surface area (Å²) in [6, 6.07) is 1.78. The van der Waals surface area contributed by atoms with Crippen LogP contribution in [0.4, 0.5) is 0 Å². The lowest BCUT2D eigenvalue weighted by molar-refractivity contribution is 0.0215. The van der Waals surface area contributed by atoms with Gasteiger partial charge in [-0.05, 0) is 0 Å². The molecule has 1 aromatic rings. The molecule has 1 rings (SSSR count). The zero-order valence-corrected chi connectivity index (χ0v) is 7.03. The summed E-state index contributed by atoms with van der Waals surface area (Å²) in [5.74, 6) is 0. The highest BCUT2D eigenvalue weighted by Gasteiger charge is 2.19. The maximum absolute atomic E-state index is 9.36. The zero-order chi connectivity index (χ0) is 8.97. The summed E-state index contributed by atoms with van der Waals surface area (Å²) < 4.78 is 0. The molecular weight excluding hydrogens is 176 g/mol. The first-order valence-corrected chi connectivity index (χ1v) is 4.26. The van der Waals surface area contributed by atoms with Gasteiger partial charge in [-0.3, -0.25) is 0 Å². The lowest BCUT2D eigenvalue weighted by Crippen LogP contribution is -2.17. The Balaban J connectivity index is 2.60. The first-order chi connectivity index (χ1) is 5.75. The van der Waals surface area contributed by atoms with Gasteiger partial charge in [0.15, 0.2) is 0 Å². The quantitative estimate of drug-likeness (QED) is 0.715. The summed E-state index contributed by atoms with van der Waals surface area (Å²) in [5.41, 5.74) is 0. The minimum Gasteiger partial charge on any atom is -0.389 e. The second-order valence-electron chi connectivity index (χ2n) is 2.24. The average molecular weight is 184 g/mol. The Bertz CT molecular complexity index is 267. The molecule has 0 saturated carbocycles. The molecule has 5 heteroatoms. The Morgan fingerprint density at radius 2 is 2.42 bits per heavy atom. The third-order valence-electron chi connectivity index (χ3n) is 1.37. The average Bonchev–Trinajstić information content (AvgIpc) is 2.55. The van der Waals surface area contributed by atoms with Crippen molar-refractivity contribution in [3.63, 3.8) is 0 Å². The highest BCUT2D eigenvalue weighted by Crippen LogP contribution is 2.20. The molecule has 0 aliphatic rings. The number of hydrogen-bond donors (Lipinski definition) is 2. The summed E-state index contributed by atoms with van der Waals surface area (Å²) in [6.07, 6.45) is -0.617. The molecule has 1 heterocycles. The van der Waals surface area contributed by atoms with E-state index in [1.807, 2.05) is 0 Å². The second kappa shape index (κ2) is 4.16. The second-order valence-corrected chi connectivity index (χ2v) is 3.17. The van der Waals surface area contributed by atoms with Gasteiger partial charge in [-0.15, -0.1) is 11.3 Å². The summed E-state index contributed by atoms with van der Waals surface area (Å²) in [5, 5.41) is 28.9. The molecule has 0 saturated heterocycles. The van der Waals surface area contributed by atoms with Crippen LogP contribution in [0.15, 0.2) is 11.6 Å². The Hall–Kier alpha value is -0.960. The molecule has 0 spiro atoms. The fraction of sp³-hybridized carbons (Fsp3) is 0.429. The number of aliphatic hydroxyl groups excluding tert-OH is 2. The Morgan fingerprint density at radius 3 is 2.92 bits per heavy atom. The van der Waals surface area contributed by atoms with Crippen LogP contribution in [0.2, 0.25) is 0 Å². The van der Waals surface area contributed by atoms with Crippen molar-refractivity contribution in [1.82, 2.24) is 4.98 Å². The van der Waals surface area contributed by atoms with Gasteiger partial charge in [0.05, 0.1) is 18.6 Å². The van der Waals surface area contributed by atoms with Crippen LogP contribution >= 0.6 is 11.3 Å². The molecule has 0 aliphatic heterocycles. The summed E-state index contributed by atoms with van der Waals surface area (Å²) >= 11 is 1.25.